The zero-order valence-corrected chi connectivity index (χ0v) is 11.6. The van der Waals surface area contributed by atoms with Gasteiger partial charge in [0.05, 0.1) is 11.1 Å². The van der Waals surface area contributed by atoms with Crippen LogP contribution in [0.4, 0.5) is 23.2 Å². The van der Waals surface area contributed by atoms with Gasteiger partial charge in [-0.25, -0.2) is 4.39 Å². The van der Waals surface area contributed by atoms with Gasteiger partial charge in [0, 0.05) is 12.1 Å². The summed E-state index contributed by atoms with van der Waals surface area (Å²) in [6.45, 7) is 1.91. The van der Waals surface area contributed by atoms with Gasteiger partial charge >= 0.3 is 6.18 Å². The number of alkyl halides is 3. The molecule has 22 heavy (non-hydrogen) atoms. The fourth-order valence-corrected chi connectivity index (χ4v) is 2.37. The number of benzene rings is 2. The molecule has 0 bridgehead atoms. The zero-order chi connectivity index (χ0) is 15.9. The monoisotopic (exact) mass is 310 g/mol. The number of hydrogen-bond donors (Lipinski definition) is 0. The third kappa shape index (κ3) is 2.68. The maximum absolute atomic E-state index is 13.5. The summed E-state index contributed by atoms with van der Waals surface area (Å²) in [5, 5.41) is 0. The quantitative estimate of drug-likeness (QED) is 0.566. The molecule has 2 nitrogen and oxygen atoms in total. The number of para-hydroxylation sites is 1. The molecule has 0 atom stereocenters. The van der Waals surface area contributed by atoms with Crippen LogP contribution in [0.2, 0.25) is 0 Å². The van der Waals surface area contributed by atoms with E-state index in [-0.39, 0.29) is 12.4 Å². The molecule has 114 valence electrons. The van der Waals surface area contributed by atoms with Crippen molar-refractivity contribution < 1.29 is 26.9 Å². The lowest BCUT2D eigenvalue weighted by atomic mass is 10.1. The Kier molecular flexibility index (Phi) is 3.39. The lowest BCUT2D eigenvalue weighted by Crippen LogP contribution is -2.21. The van der Waals surface area contributed by atoms with E-state index in [9.17, 15) is 17.6 Å². The molecule has 0 saturated heterocycles. The zero-order valence-electron chi connectivity index (χ0n) is 11.6. The highest BCUT2D eigenvalue weighted by Gasteiger charge is 2.33. The van der Waals surface area contributed by atoms with Gasteiger partial charge in [0.2, 0.25) is 5.69 Å². The minimum absolute atomic E-state index is 0.0264. The molecular weight excluding hydrogens is 298 g/mol. The van der Waals surface area contributed by atoms with E-state index in [0.29, 0.717) is 11.8 Å². The summed E-state index contributed by atoms with van der Waals surface area (Å²) in [4.78, 5) is 0. The van der Waals surface area contributed by atoms with Gasteiger partial charge in [-0.2, -0.15) is 17.7 Å². The minimum Gasteiger partial charge on any atom is -0.435 e. The van der Waals surface area contributed by atoms with Crippen molar-refractivity contribution in [3.8, 4) is 5.75 Å². The number of fused-ring (bicyclic) bond motifs is 1. The van der Waals surface area contributed by atoms with Gasteiger partial charge in [0.15, 0.2) is 6.21 Å². The van der Waals surface area contributed by atoms with Crippen LogP contribution in [0.3, 0.4) is 0 Å². The fraction of sp³-hybridized carbons (Fsp3) is 0.188. The largest absolute Gasteiger partial charge is 0.435 e. The van der Waals surface area contributed by atoms with Gasteiger partial charge in [0.25, 0.3) is 6.73 Å². The van der Waals surface area contributed by atoms with Crippen LogP contribution in [0.1, 0.15) is 16.7 Å². The lowest BCUT2D eigenvalue weighted by Gasteiger charge is -2.16. The number of nitrogens with zero attached hydrogens (tertiary/aromatic N) is 1. The number of ether oxygens (including phenoxy) is 1. The number of aryl methyl sites for hydroxylation is 1. The molecule has 0 saturated carbocycles. The van der Waals surface area contributed by atoms with Crippen LogP contribution in [-0.2, 0) is 6.18 Å². The Morgan fingerprint density at radius 1 is 1.14 bits per heavy atom. The number of halogens is 4. The van der Waals surface area contributed by atoms with Crippen LogP contribution >= 0.6 is 0 Å². The van der Waals surface area contributed by atoms with E-state index >= 15 is 0 Å². The highest BCUT2D eigenvalue weighted by atomic mass is 19.4. The van der Waals surface area contributed by atoms with Crippen molar-refractivity contribution >= 4 is 11.9 Å². The van der Waals surface area contributed by atoms with Gasteiger partial charge < -0.3 is 4.74 Å². The molecule has 0 amide bonds. The Hall–Kier alpha value is -2.37. The second-order valence-electron chi connectivity index (χ2n) is 5.06. The van der Waals surface area contributed by atoms with Crippen LogP contribution < -0.4 is 4.74 Å². The first kappa shape index (κ1) is 14.6. The summed E-state index contributed by atoms with van der Waals surface area (Å²) < 4.78 is 58.9. The summed E-state index contributed by atoms with van der Waals surface area (Å²) in [5.41, 5.74) is 0.748. The van der Waals surface area contributed by atoms with E-state index in [1.807, 2.05) is 19.1 Å². The molecular formula is C16H12F4NO+. The maximum Gasteiger partial charge on any atom is 0.416 e. The molecule has 6 heteroatoms. The van der Waals surface area contributed by atoms with E-state index in [1.165, 1.54) is 4.58 Å². The molecule has 0 N–H and O–H groups in total. The highest BCUT2D eigenvalue weighted by molar-refractivity contribution is 5.82. The molecule has 1 aliphatic heterocycles. The molecule has 0 unspecified atom stereocenters. The van der Waals surface area contributed by atoms with Crippen molar-refractivity contribution in [3.05, 3.63) is 58.9 Å². The number of hydrogen-bond acceptors (Lipinski definition) is 1. The Bertz CT molecular complexity index is 765. The summed E-state index contributed by atoms with van der Waals surface area (Å²) in [7, 11) is 0. The molecule has 2 aromatic rings. The molecule has 0 aliphatic carbocycles. The van der Waals surface area contributed by atoms with Gasteiger partial charge in [-0.05, 0) is 24.6 Å². The van der Waals surface area contributed by atoms with E-state index < -0.39 is 17.6 Å². The smallest absolute Gasteiger partial charge is 0.416 e. The van der Waals surface area contributed by atoms with Crippen LogP contribution in [0.5, 0.6) is 5.75 Å². The van der Waals surface area contributed by atoms with Crippen LogP contribution in [0, 0.1) is 12.7 Å². The lowest BCUT2D eigenvalue weighted by molar-refractivity contribution is -0.476. The molecule has 0 aromatic heterocycles. The van der Waals surface area contributed by atoms with E-state index in [2.05, 4.69) is 0 Å². The molecule has 0 fully saturated rings. The molecule has 1 heterocycles. The first-order valence-electron chi connectivity index (χ1n) is 6.56. The maximum atomic E-state index is 13.5. The second-order valence-corrected chi connectivity index (χ2v) is 5.06. The summed E-state index contributed by atoms with van der Waals surface area (Å²) in [6.07, 6.45) is -2.94. The SMILES string of the molecule is Cc1cccc2c1OC[N+](c1cc(F)cc(C(F)(F)F)c1)=C2. The highest BCUT2D eigenvalue weighted by Crippen LogP contribution is 2.33. The van der Waals surface area contributed by atoms with Gasteiger partial charge in [-0.1, -0.05) is 12.1 Å². The van der Waals surface area contributed by atoms with Crippen molar-refractivity contribution in [2.24, 2.45) is 0 Å². The van der Waals surface area contributed by atoms with E-state index in [4.69, 9.17) is 4.74 Å². The fourth-order valence-electron chi connectivity index (χ4n) is 2.37. The Morgan fingerprint density at radius 2 is 1.91 bits per heavy atom. The summed E-state index contributed by atoms with van der Waals surface area (Å²) in [6, 6.07) is 7.93. The van der Waals surface area contributed by atoms with Crippen molar-refractivity contribution in [2.75, 3.05) is 6.73 Å². The van der Waals surface area contributed by atoms with Crippen molar-refractivity contribution in [1.29, 1.82) is 0 Å². The Morgan fingerprint density at radius 3 is 2.64 bits per heavy atom. The normalized spacial score (nSPS) is 14.1. The first-order chi connectivity index (χ1) is 10.3. The minimum atomic E-state index is -4.60. The topological polar surface area (TPSA) is 12.2 Å². The van der Waals surface area contributed by atoms with E-state index in [0.717, 1.165) is 23.3 Å². The van der Waals surface area contributed by atoms with Crippen LogP contribution in [0.25, 0.3) is 0 Å². The molecule has 1 aliphatic rings. The average molecular weight is 310 g/mol. The predicted molar refractivity (Wildman–Crippen MR) is 73.2 cm³/mol. The third-order valence-electron chi connectivity index (χ3n) is 3.43. The van der Waals surface area contributed by atoms with E-state index in [1.54, 1.807) is 12.3 Å². The average Bonchev–Trinajstić information content (AvgIpc) is 2.45. The van der Waals surface area contributed by atoms with Gasteiger partial charge in [0.1, 0.15) is 11.6 Å². The van der Waals surface area contributed by atoms with Crippen LogP contribution in [-0.4, -0.2) is 17.5 Å². The van der Waals surface area contributed by atoms with Crippen molar-refractivity contribution in [2.45, 2.75) is 13.1 Å². The summed E-state index contributed by atoms with van der Waals surface area (Å²) >= 11 is 0. The Labute approximate surface area is 124 Å². The first-order valence-corrected chi connectivity index (χ1v) is 6.56. The van der Waals surface area contributed by atoms with Crippen molar-refractivity contribution in [3.63, 3.8) is 0 Å². The Balaban J connectivity index is 2.07. The van der Waals surface area contributed by atoms with Crippen LogP contribution in [0.15, 0.2) is 36.4 Å². The number of rotatable bonds is 1. The molecule has 3 rings (SSSR count). The summed E-state index contributed by atoms with van der Waals surface area (Å²) in [5.74, 6) is -0.250. The predicted octanol–water partition coefficient (Wildman–Crippen LogP) is 4.27. The van der Waals surface area contributed by atoms with Crippen molar-refractivity contribution in [1.82, 2.24) is 0 Å². The molecule has 0 spiro atoms. The van der Waals surface area contributed by atoms with Gasteiger partial charge in [-0.3, -0.25) is 0 Å². The third-order valence-corrected chi connectivity index (χ3v) is 3.43. The van der Waals surface area contributed by atoms with Gasteiger partial charge in [-0.15, -0.1) is 0 Å². The molecule has 0 radical (unpaired) electrons. The second kappa shape index (κ2) is 5.12. The molecule has 2 aromatic carbocycles. The standard InChI is InChI=1S/C16H12F4NO/c1-10-3-2-4-11-8-21(9-22-15(10)11)14-6-12(16(18,19)20)5-13(17)7-14/h2-8H,9H2,1H3/q+1.